The van der Waals surface area contributed by atoms with Gasteiger partial charge in [-0.1, -0.05) is 23.8 Å². The lowest BCUT2D eigenvalue weighted by molar-refractivity contribution is 0.200. The van der Waals surface area contributed by atoms with Crippen LogP contribution in [0.2, 0.25) is 0 Å². The number of hydrogen-bond donors (Lipinski definition) is 1. The van der Waals surface area contributed by atoms with Crippen molar-refractivity contribution in [3.63, 3.8) is 0 Å². The Morgan fingerprint density at radius 1 is 1.28 bits per heavy atom. The van der Waals surface area contributed by atoms with E-state index < -0.39 is 0 Å². The average Bonchev–Trinajstić information content (AvgIpc) is 2.85. The van der Waals surface area contributed by atoms with Gasteiger partial charge in [0.05, 0.1) is 0 Å². The largest absolute Gasteiger partial charge is 0.485 e. The fourth-order valence-corrected chi connectivity index (χ4v) is 2.76. The monoisotopic (exact) mass is 261 g/mol. The van der Waals surface area contributed by atoms with Crippen molar-refractivity contribution in [1.82, 2.24) is 0 Å². The maximum Gasteiger partial charge on any atom is 0.134 e. The molecule has 1 unspecified atom stereocenters. The van der Waals surface area contributed by atoms with E-state index in [2.05, 4.69) is 43.5 Å². The Morgan fingerprint density at radius 3 is 2.72 bits per heavy atom. The Balaban J connectivity index is 2.18. The molecule has 1 atom stereocenters. The summed E-state index contributed by atoms with van der Waals surface area (Å²) in [6, 6.07) is 10.4. The third-order valence-corrected chi connectivity index (χ3v) is 3.85. The number of ether oxygens (including phenoxy) is 1. The second kappa shape index (κ2) is 6.03. The van der Waals surface area contributed by atoms with E-state index in [0.717, 1.165) is 12.2 Å². The predicted octanol–water partition coefficient (Wildman–Crippen LogP) is 3.83. The summed E-state index contributed by atoms with van der Waals surface area (Å²) in [4.78, 5) is 1.24. The van der Waals surface area contributed by atoms with Crippen LogP contribution in [0.3, 0.4) is 0 Å². The van der Waals surface area contributed by atoms with Gasteiger partial charge in [0.25, 0.3) is 0 Å². The molecule has 96 valence electrons. The number of hydrogen-bond acceptors (Lipinski definition) is 3. The molecule has 1 aromatic heterocycles. The molecule has 0 saturated carbocycles. The van der Waals surface area contributed by atoms with Crippen LogP contribution >= 0.6 is 11.3 Å². The van der Waals surface area contributed by atoms with Crippen molar-refractivity contribution in [2.24, 2.45) is 5.73 Å². The number of aryl methyl sites for hydroxylation is 2. The van der Waals surface area contributed by atoms with Gasteiger partial charge in [-0.15, -0.1) is 11.3 Å². The predicted molar refractivity (Wildman–Crippen MR) is 77.3 cm³/mol. The lowest BCUT2D eigenvalue weighted by Crippen LogP contribution is -2.12. The number of benzene rings is 1. The van der Waals surface area contributed by atoms with Crippen LogP contribution in [0.25, 0.3) is 0 Å². The van der Waals surface area contributed by atoms with Crippen molar-refractivity contribution in [2.75, 3.05) is 6.54 Å². The number of thiophene rings is 1. The summed E-state index contributed by atoms with van der Waals surface area (Å²) in [5.41, 5.74) is 8.11. The Kier molecular flexibility index (Phi) is 4.39. The summed E-state index contributed by atoms with van der Waals surface area (Å²) < 4.78 is 6.12. The molecule has 1 aromatic carbocycles. The highest BCUT2D eigenvalue weighted by Crippen LogP contribution is 2.29. The molecule has 2 aromatic rings. The standard InChI is InChI=1S/C15H19NOS/c1-11-5-6-13(12(2)10-11)17-14(7-8-16)15-4-3-9-18-15/h3-6,9-10,14H,7-8,16H2,1-2H3. The number of rotatable bonds is 5. The fourth-order valence-electron chi connectivity index (χ4n) is 1.97. The van der Waals surface area contributed by atoms with E-state index in [1.807, 2.05) is 6.07 Å². The normalized spacial score (nSPS) is 12.4. The quantitative estimate of drug-likeness (QED) is 0.887. The molecule has 18 heavy (non-hydrogen) atoms. The van der Waals surface area contributed by atoms with E-state index in [0.29, 0.717) is 6.54 Å². The van der Waals surface area contributed by atoms with E-state index in [1.54, 1.807) is 11.3 Å². The summed E-state index contributed by atoms with van der Waals surface area (Å²) in [6.45, 7) is 4.80. The zero-order valence-electron chi connectivity index (χ0n) is 10.8. The van der Waals surface area contributed by atoms with Crippen molar-refractivity contribution in [3.05, 3.63) is 51.7 Å². The first-order valence-corrected chi connectivity index (χ1v) is 7.06. The molecule has 2 N–H and O–H groups in total. The van der Waals surface area contributed by atoms with Gasteiger partial charge >= 0.3 is 0 Å². The second-order valence-electron chi connectivity index (χ2n) is 4.47. The van der Waals surface area contributed by atoms with Gasteiger partial charge in [0.2, 0.25) is 0 Å². The minimum Gasteiger partial charge on any atom is -0.485 e. The van der Waals surface area contributed by atoms with Crippen molar-refractivity contribution in [3.8, 4) is 5.75 Å². The van der Waals surface area contributed by atoms with Crippen LogP contribution in [0, 0.1) is 13.8 Å². The molecule has 2 nitrogen and oxygen atoms in total. The summed E-state index contributed by atoms with van der Waals surface area (Å²) in [5.74, 6) is 0.951. The fraction of sp³-hybridized carbons (Fsp3) is 0.333. The molecule has 0 bridgehead atoms. The zero-order valence-corrected chi connectivity index (χ0v) is 11.7. The Labute approximate surface area is 112 Å². The maximum absolute atomic E-state index is 6.12. The van der Waals surface area contributed by atoms with E-state index in [9.17, 15) is 0 Å². The SMILES string of the molecule is Cc1ccc(OC(CCN)c2cccs2)c(C)c1. The van der Waals surface area contributed by atoms with Crippen LogP contribution in [0.5, 0.6) is 5.75 Å². The molecular formula is C15H19NOS. The van der Waals surface area contributed by atoms with Crippen LogP contribution in [0.1, 0.15) is 28.5 Å². The van der Waals surface area contributed by atoms with Gasteiger partial charge in [-0.3, -0.25) is 0 Å². The van der Waals surface area contributed by atoms with Crippen molar-refractivity contribution in [1.29, 1.82) is 0 Å². The molecule has 0 amide bonds. The maximum atomic E-state index is 6.12. The summed E-state index contributed by atoms with van der Waals surface area (Å²) in [7, 11) is 0. The first kappa shape index (κ1) is 13.1. The van der Waals surface area contributed by atoms with E-state index in [1.165, 1.54) is 16.0 Å². The van der Waals surface area contributed by atoms with Gasteiger partial charge in [0.15, 0.2) is 0 Å². The molecule has 0 aliphatic carbocycles. The highest BCUT2D eigenvalue weighted by atomic mass is 32.1. The molecule has 3 heteroatoms. The van der Waals surface area contributed by atoms with Crippen LogP contribution in [-0.2, 0) is 0 Å². The van der Waals surface area contributed by atoms with Gasteiger partial charge < -0.3 is 10.5 Å². The number of nitrogens with two attached hydrogens (primary N) is 1. The lowest BCUT2D eigenvalue weighted by atomic mass is 10.1. The third-order valence-electron chi connectivity index (χ3n) is 2.89. The summed E-state index contributed by atoms with van der Waals surface area (Å²) >= 11 is 1.72. The van der Waals surface area contributed by atoms with Crippen LogP contribution in [0.4, 0.5) is 0 Å². The molecule has 2 rings (SSSR count). The smallest absolute Gasteiger partial charge is 0.134 e. The van der Waals surface area contributed by atoms with E-state index in [4.69, 9.17) is 10.5 Å². The van der Waals surface area contributed by atoms with Gasteiger partial charge in [-0.25, -0.2) is 0 Å². The highest BCUT2D eigenvalue weighted by Gasteiger charge is 2.14. The third kappa shape index (κ3) is 3.12. The van der Waals surface area contributed by atoms with Gasteiger partial charge in [-0.2, -0.15) is 0 Å². The first-order valence-electron chi connectivity index (χ1n) is 6.18. The average molecular weight is 261 g/mol. The molecule has 0 radical (unpaired) electrons. The molecule has 0 fully saturated rings. The molecule has 1 heterocycles. The molecule has 0 aliphatic rings. The molecular weight excluding hydrogens is 242 g/mol. The second-order valence-corrected chi connectivity index (χ2v) is 5.45. The van der Waals surface area contributed by atoms with Crippen LogP contribution in [-0.4, -0.2) is 6.54 Å². The van der Waals surface area contributed by atoms with E-state index in [-0.39, 0.29) is 6.10 Å². The van der Waals surface area contributed by atoms with Crippen LogP contribution < -0.4 is 10.5 Å². The minimum absolute atomic E-state index is 0.0661. The first-order chi connectivity index (χ1) is 8.70. The Morgan fingerprint density at radius 2 is 2.11 bits per heavy atom. The summed E-state index contributed by atoms with van der Waals surface area (Å²) in [6.07, 6.45) is 0.907. The summed E-state index contributed by atoms with van der Waals surface area (Å²) in [5, 5.41) is 2.07. The van der Waals surface area contributed by atoms with Crippen molar-refractivity contribution < 1.29 is 4.74 Å². The molecule has 0 aliphatic heterocycles. The molecule has 0 saturated heterocycles. The van der Waals surface area contributed by atoms with Gasteiger partial charge in [-0.05, 0) is 43.5 Å². The van der Waals surface area contributed by atoms with Crippen molar-refractivity contribution >= 4 is 11.3 Å². The lowest BCUT2D eigenvalue weighted by Gasteiger charge is -2.19. The van der Waals surface area contributed by atoms with Crippen LogP contribution in [0.15, 0.2) is 35.7 Å². The van der Waals surface area contributed by atoms with Gasteiger partial charge in [0.1, 0.15) is 11.9 Å². The zero-order chi connectivity index (χ0) is 13.0. The Bertz CT molecular complexity index is 493. The Hall–Kier alpha value is -1.32. The topological polar surface area (TPSA) is 35.2 Å². The van der Waals surface area contributed by atoms with Gasteiger partial charge in [0, 0.05) is 11.3 Å². The minimum atomic E-state index is 0.0661. The van der Waals surface area contributed by atoms with Crippen molar-refractivity contribution in [2.45, 2.75) is 26.4 Å². The highest BCUT2D eigenvalue weighted by molar-refractivity contribution is 7.10. The van der Waals surface area contributed by atoms with E-state index >= 15 is 0 Å². The molecule has 0 spiro atoms.